The fraction of sp³-hybridized carbons (Fsp3) is 0.300. The molecule has 2 heterocycles. The van der Waals surface area contributed by atoms with Crippen LogP contribution in [-0.4, -0.2) is 32.2 Å². The summed E-state index contributed by atoms with van der Waals surface area (Å²) in [7, 11) is 3.29. The minimum Gasteiger partial charge on any atom is -0.493 e. The second-order valence-electron chi connectivity index (χ2n) is 3.30. The van der Waals surface area contributed by atoms with Crippen molar-refractivity contribution in [1.29, 1.82) is 0 Å². The van der Waals surface area contributed by atoms with Crippen LogP contribution < -0.4 is 4.74 Å². The van der Waals surface area contributed by atoms with Gasteiger partial charge >= 0.3 is 0 Å². The second kappa shape index (κ2) is 4.28. The van der Waals surface area contributed by atoms with Gasteiger partial charge in [-0.15, -0.1) is 0 Å². The molecule has 84 valence electrons. The summed E-state index contributed by atoms with van der Waals surface area (Å²) in [6.45, 7) is 0. The van der Waals surface area contributed by atoms with Gasteiger partial charge in [0.15, 0.2) is 5.75 Å². The van der Waals surface area contributed by atoms with E-state index in [0.717, 1.165) is 0 Å². The summed E-state index contributed by atoms with van der Waals surface area (Å²) in [5.41, 5.74) is 1.24. The van der Waals surface area contributed by atoms with E-state index in [0.29, 0.717) is 17.0 Å². The summed E-state index contributed by atoms with van der Waals surface area (Å²) >= 11 is 0. The van der Waals surface area contributed by atoms with Gasteiger partial charge in [-0.3, -0.25) is 4.68 Å². The largest absolute Gasteiger partial charge is 0.493 e. The number of aromatic nitrogens is 4. The van der Waals surface area contributed by atoms with Crippen molar-refractivity contribution in [3.63, 3.8) is 0 Å². The molecule has 16 heavy (non-hydrogen) atoms. The van der Waals surface area contributed by atoms with Crippen LogP contribution in [-0.2, 0) is 7.05 Å². The van der Waals surface area contributed by atoms with E-state index in [1.54, 1.807) is 24.0 Å². The molecule has 6 nitrogen and oxygen atoms in total. The number of ether oxygens (including phenoxy) is 1. The normalized spacial score (nSPS) is 12.4. The quantitative estimate of drug-likeness (QED) is 0.805. The predicted octanol–water partition coefficient (Wildman–Crippen LogP) is 0.300. The van der Waals surface area contributed by atoms with Crippen LogP contribution >= 0.6 is 0 Å². The van der Waals surface area contributed by atoms with E-state index in [-0.39, 0.29) is 0 Å². The number of aryl methyl sites for hydroxylation is 1. The van der Waals surface area contributed by atoms with Crippen molar-refractivity contribution in [3.8, 4) is 5.75 Å². The van der Waals surface area contributed by atoms with Gasteiger partial charge in [0, 0.05) is 18.8 Å². The smallest absolute Gasteiger partial charge is 0.162 e. The van der Waals surface area contributed by atoms with Gasteiger partial charge in [-0.1, -0.05) is 0 Å². The third kappa shape index (κ3) is 1.74. The first-order chi connectivity index (χ1) is 7.74. The number of hydrogen-bond acceptors (Lipinski definition) is 5. The van der Waals surface area contributed by atoms with E-state index in [1.165, 1.54) is 19.5 Å². The molecule has 2 aromatic rings. The van der Waals surface area contributed by atoms with Gasteiger partial charge in [0.1, 0.15) is 11.8 Å². The molecule has 0 saturated carbocycles. The summed E-state index contributed by atoms with van der Waals surface area (Å²) < 4.78 is 6.70. The number of hydrogen-bond donors (Lipinski definition) is 1. The maximum absolute atomic E-state index is 10.2. The molecule has 0 saturated heterocycles. The molecule has 0 amide bonds. The van der Waals surface area contributed by atoms with Gasteiger partial charge in [0.05, 0.1) is 19.5 Å². The maximum atomic E-state index is 10.2. The van der Waals surface area contributed by atoms with Gasteiger partial charge in [-0.25, -0.2) is 0 Å². The number of aliphatic hydroxyl groups is 1. The standard InChI is InChI=1S/C10H12N4O2/c1-14-9(8(16-2)6-13-14)10(15)7-3-4-11-12-5-7/h3-6,10,15H,1-2H3. The molecule has 0 aromatic carbocycles. The Balaban J connectivity index is 2.41. The molecule has 0 fully saturated rings. The van der Waals surface area contributed by atoms with Gasteiger partial charge in [0.2, 0.25) is 0 Å². The molecule has 0 spiro atoms. The molecule has 6 heteroatoms. The molecular weight excluding hydrogens is 208 g/mol. The monoisotopic (exact) mass is 220 g/mol. The van der Waals surface area contributed by atoms with Crippen LogP contribution in [0.15, 0.2) is 24.7 Å². The van der Waals surface area contributed by atoms with Crippen LogP contribution in [0.2, 0.25) is 0 Å². The number of nitrogens with zero attached hydrogens (tertiary/aromatic N) is 4. The SMILES string of the molecule is COc1cnn(C)c1C(O)c1ccnnc1. The summed E-state index contributed by atoms with van der Waals surface area (Å²) in [4.78, 5) is 0. The van der Waals surface area contributed by atoms with Crippen LogP contribution in [0.25, 0.3) is 0 Å². The van der Waals surface area contributed by atoms with Crippen molar-refractivity contribution < 1.29 is 9.84 Å². The maximum Gasteiger partial charge on any atom is 0.162 e. The highest BCUT2D eigenvalue weighted by atomic mass is 16.5. The summed E-state index contributed by atoms with van der Waals surface area (Å²) in [5, 5.41) is 21.6. The molecular formula is C10H12N4O2. The van der Waals surface area contributed by atoms with Crippen LogP contribution in [0.3, 0.4) is 0 Å². The van der Waals surface area contributed by atoms with Crippen molar-refractivity contribution in [3.05, 3.63) is 35.9 Å². The lowest BCUT2D eigenvalue weighted by Gasteiger charge is -2.12. The Hall–Kier alpha value is -1.95. The van der Waals surface area contributed by atoms with E-state index >= 15 is 0 Å². The van der Waals surface area contributed by atoms with Crippen molar-refractivity contribution >= 4 is 0 Å². The summed E-state index contributed by atoms with van der Waals surface area (Å²) in [5.74, 6) is 0.548. The van der Waals surface area contributed by atoms with Gasteiger partial charge in [-0.2, -0.15) is 15.3 Å². The molecule has 0 bridgehead atoms. The Kier molecular flexibility index (Phi) is 2.82. The predicted molar refractivity (Wildman–Crippen MR) is 55.9 cm³/mol. The first-order valence-corrected chi connectivity index (χ1v) is 4.74. The zero-order chi connectivity index (χ0) is 11.5. The average molecular weight is 220 g/mol. The summed E-state index contributed by atoms with van der Waals surface area (Å²) in [6.07, 6.45) is 3.78. The Labute approximate surface area is 92.5 Å². The van der Waals surface area contributed by atoms with Crippen molar-refractivity contribution in [2.75, 3.05) is 7.11 Å². The first-order valence-electron chi connectivity index (χ1n) is 4.74. The molecule has 0 aliphatic heterocycles. The molecule has 0 aliphatic rings. The van der Waals surface area contributed by atoms with E-state index in [4.69, 9.17) is 4.74 Å². The molecule has 2 rings (SSSR count). The average Bonchev–Trinajstić information content (AvgIpc) is 2.70. The van der Waals surface area contributed by atoms with E-state index in [2.05, 4.69) is 15.3 Å². The lowest BCUT2D eigenvalue weighted by Crippen LogP contribution is -2.08. The molecule has 1 atom stereocenters. The molecule has 1 N–H and O–H groups in total. The Morgan fingerprint density at radius 3 is 2.81 bits per heavy atom. The lowest BCUT2D eigenvalue weighted by molar-refractivity contribution is 0.203. The van der Waals surface area contributed by atoms with Crippen LogP contribution in [0, 0.1) is 0 Å². The van der Waals surface area contributed by atoms with E-state index in [9.17, 15) is 5.11 Å². The van der Waals surface area contributed by atoms with Crippen molar-refractivity contribution in [2.45, 2.75) is 6.10 Å². The van der Waals surface area contributed by atoms with Crippen molar-refractivity contribution in [1.82, 2.24) is 20.0 Å². The number of rotatable bonds is 3. The number of aliphatic hydroxyl groups excluding tert-OH is 1. The van der Waals surface area contributed by atoms with E-state index in [1.807, 2.05) is 0 Å². The highest BCUT2D eigenvalue weighted by Crippen LogP contribution is 2.28. The molecule has 0 radical (unpaired) electrons. The topological polar surface area (TPSA) is 73.1 Å². The fourth-order valence-electron chi connectivity index (χ4n) is 1.52. The third-order valence-corrected chi connectivity index (χ3v) is 2.35. The van der Waals surface area contributed by atoms with Crippen LogP contribution in [0.5, 0.6) is 5.75 Å². The third-order valence-electron chi connectivity index (χ3n) is 2.35. The Morgan fingerprint density at radius 1 is 1.38 bits per heavy atom. The van der Waals surface area contributed by atoms with Gasteiger partial charge in [-0.05, 0) is 6.07 Å². The number of methoxy groups -OCH3 is 1. The van der Waals surface area contributed by atoms with Gasteiger partial charge < -0.3 is 9.84 Å². The highest BCUT2D eigenvalue weighted by molar-refractivity contribution is 5.33. The molecule has 0 aliphatic carbocycles. The zero-order valence-corrected chi connectivity index (χ0v) is 9.03. The van der Waals surface area contributed by atoms with E-state index < -0.39 is 6.10 Å². The van der Waals surface area contributed by atoms with Crippen LogP contribution in [0.4, 0.5) is 0 Å². The zero-order valence-electron chi connectivity index (χ0n) is 9.03. The second-order valence-corrected chi connectivity index (χ2v) is 3.30. The van der Waals surface area contributed by atoms with Gasteiger partial charge in [0.25, 0.3) is 0 Å². The Bertz CT molecular complexity index is 469. The highest BCUT2D eigenvalue weighted by Gasteiger charge is 2.20. The Morgan fingerprint density at radius 2 is 2.19 bits per heavy atom. The molecule has 2 aromatic heterocycles. The fourth-order valence-corrected chi connectivity index (χ4v) is 1.52. The first kappa shape index (κ1) is 10.6. The van der Waals surface area contributed by atoms with Crippen LogP contribution in [0.1, 0.15) is 17.4 Å². The summed E-state index contributed by atoms with van der Waals surface area (Å²) in [6, 6.07) is 1.70. The lowest BCUT2D eigenvalue weighted by atomic mass is 10.1. The minimum absolute atomic E-state index is 0.548. The van der Waals surface area contributed by atoms with Crippen molar-refractivity contribution in [2.24, 2.45) is 7.05 Å². The minimum atomic E-state index is -0.821. The molecule has 1 unspecified atom stereocenters.